The summed E-state index contributed by atoms with van der Waals surface area (Å²) in [6, 6.07) is 11.6. The van der Waals surface area contributed by atoms with Crippen LogP contribution >= 0.6 is 11.3 Å². The van der Waals surface area contributed by atoms with E-state index in [0.717, 1.165) is 10.4 Å². The average molecular weight is 200 g/mol. The first kappa shape index (κ1) is 8.79. The van der Waals surface area contributed by atoms with Crippen molar-refractivity contribution in [1.82, 2.24) is 0 Å². The number of hydrogen-bond donors (Lipinski definition) is 1. The van der Waals surface area contributed by atoms with Crippen LogP contribution in [0.15, 0.2) is 35.7 Å². The predicted molar refractivity (Wildman–Crippen MR) is 58.9 cm³/mol. The minimum absolute atomic E-state index is 0.540. The highest BCUT2D eigenvalue weighted by Crippen LogP contribution is 2.30. The van der Waals surface area contributed by atoms with Gasteiger partial charge in [-0.1, -0.05) is 18.2 Å². The average Bonchev–Trinajstić information content (AvgIpc) is 2.70. The fourth-order valence-electron chi connectivity index (χ4n) is 1.33. The lowest BCUT2D eigenvalue weighted by molar-refractivity contribution is 1.49. The molecule has 0 saturated carbocycles. The van der Waals surface area contributed by atoms with Gasteiger partial charge in [-0.25, -0.2) is 0 Å². The van der Waals surface area contributed by atoms with Crippen LogP contribution in [0.2, 0.25) is 0 Å². The Morgan fingerprint density at radius 3 is 2.71 bits per heavy atom. The molecule has 3 heteroatoms. The van der Waals surface area contributed by atoms with E-state index in [2.05, 4.69) is 6.07 Å². The molecule has 0 radical (unpaired) electrons. The third kappa shape index (κ3) is 1.36. The maximum Gasteiger partial charge on any atom is 0.102 e. The minimum Gasteiger partial charge on any atom is -0.398 e. The van der Waals surface area contributed by atoms with E-state index in [1.807, 2.05) is 29.6 Å². The van der Waals surface area contributed by atoms with E-state index < -0.39 is 0 Å². The fraction of sp³-hybridized carbons (Fsp3) is 0. The first-order chi connectivity index (χ1) is 6.83. The SMILES string of the molecule is N#Cc1c(N)cccc1-c1cccs1. The summed E-state index contributed by atoms with van der Waals surface area (Å²) in [7, 11) is 0. The van der Waals surface area contributed by atoms with Gasteiger partial charge in [-0.2, -0.15) is 5.26 Å². The molecule has 2 rings (SSSR count). The Labute approximate surface area is 86.2 Å². The molecule has 14 heavy (non-hydrogen) atoms. The van der Waals surface area contributed by atoms with Crippen molar-refractivity contribution in [3.8, 4) is 16.5 Å². The molecule has 68 valence electrons. The number of nitrogens with zero attached hydrogens (tertiary/aromatic N) is 1. The van der Waals surface area contributed by atoms with Crippen LogP contribution in [-0.2, 0) is 0 Å². The summed E-state index contributed by atoms with van der Waals surface area (Å²) in [6.45, 7) is 0. The van der Waals surface area contributed by atoms with Crippen molar-refractivity contribution in [2.24, 2.45) is 0 Å². The third-order valence-electron chi connectivity index (χ3n) is 2.00. The van der Waals surface area contributed by atoms with E-state index in [9.17, 15) is 0 Å². The summed E-state index contributed by atoms with van der Waals surface area (Å²) >= 11 is 1.61. The molecule has 0 spiro atoms. The first-order valence-electron chi connectivity index (χ1n) is 4.15. The monoisotopic (exact) mass is 200 g/mol. The highest BCUT2D eigenvalue weighted by atomic mass is 32.1. The van der Waals surface area contributed by atoms with Crippen LogP contribution < -0.4 is 5.73 Å². The minimum atomic E-state index is 0.540. The Morgan fingerprint density at radius 2 is 2.07 bits per heavy atom. The smallest absolute Gasteiger partial charge is 0.102 e. The van der Waals surface area contributed by atoms with Gasteiger partial charge in [0.25, 0.3) is 0 Å². The van der Waals surface area contributed by atoms with E-state index in [1.165, 1.54) is 0 Å². The summed E-state index contributed by atoms with van der Waals surface area (Å²) in [5.41, 5.74) is 7.74. The molecule has 0 fully saturated rings. The number of nitriles is 1. The molecule has 0 unspecified atom stereocenters. The molecule has 0 aliphatic carbocycles. The zero-order valence-electron chi connectivity index (χ0n) is 7.40. The van der Waals surface area contributed by atoms with Gasteiger partial charge in [0.2, 0.25) is 0 Å². The zero-order chi connectivity index (χ0) is 9.97. The van der Waals surface area contributed by atoms with Crippen molar-refractivity contribution in [3.05, 3.63) is 41.3 Å². The molecule has 1 heterocycles. The number of hydrogen-bond acceptors (Lipinski definition) is 3. The number of benzene rings is 1. The number of thiophene rings is 1. The quantitative estimate of drug-likeness (QED) is 0.719. The predicted octanol–water partition coefficient (Wildman–Crippen LogP) is 2.87. The number of rotatable bonds is 1. The molecule has 0 saturated heterocycles. The van der Waals surface area contributed by atoms with Crippen molar-refractivity contribution < 1.29 is 0 Å². The number of nitrogen functional groups attached to an aromatic ring is 1. The Hall–Kier alpha value is -1.79. The molecule has 0 aliphatic heterocycles. The van der Waals surface area contributed by atoms with Gasteiger partial charge in [0.05, 0.1) is 11.3 Å². The highest BCUT2D eigenvalue weighted by molar-refractivity contribution is 7.13. The molecule has 0 bridgehead atoms. The second kappa shape index (κ2) is 3.52. The molecular formula is C11H8N2S. The zero-order valence-corrected chi connectivity index (χ0v) is 8.21. The summed E-state index contributed by atoms with van der Waals surface area (Å²) < 4.78 is 0. The maximum absolute atomic E-state index is 8.97. The third-order valence-corrected chi connectivity index (χ3v) is 2.90. The van der Waals surface area contributed by atoms with Crippen molar-refractivity contribution in [1.29, 1.82) is 5.26 Å². The van der Waals surface area contributed by atoms with E-state index in [0.29, 0.717) is 11.3 Å². The van der Waals surface area contributed by atoms with Crippen molar-refractivity contribution >= 4 is 17.0 Å². The molecule has 0 atom stereocenters. The molecule has 0 aliphatic rings. The lowest BCUT2D eigenvalue weighted by Crippen LogP contribution is -1.91. The van der Waals surface area contributed by atoms with Crippen LogP contribution in [0.1, 0.15) is 5.56 Å². The normalized spacial score (nSPS) is 9.64. The van der Waals surface area contributed by atoms with Crippen LogP contribution in [0.4, 0.5) is 5.69 Å². The van der Waals surface area contributed by atoms with Crippen LogP contribution in [0, 0.1) is 11.3 Å². The van der Waals surface area contributed by atoms with Gasteiger partial charge in [-0.15, -0.1) is 11.3 Å². The Balaban J connectivity index is 2.66. The van der Waals surface area contributed by atoms with Gasteiger partial charge in [0.1, 0.15) is 6.07 Å². The molecule has 2 N–H and O–H groups in total. The topological polar surface area (TPSA) is 49.8 Å². The second-order valence-corrected chi connectivity index (χ2v) is 3.81. The number of anilines is 1. The van der Waals surface area contributed by atoms with Gasteiger partial charge in [-0.05, 0) is 17.5 Å². The fourth-order valence-corrected chi connectivity index (χ4v) is 2.09. The van der Waals surface area contributed by atoms with Crippen LogP contribution in [-0.4, -0.2) is 0 Å². The van der Waals surface area contributed by atoms with Crippen molar-refractivity contribution in [3.63, 3.8) is 0 Å². The first-order valence-corrected chi connectivity index (χ1v) is 5.03. The largest absolute Gasteiger partial charge is 0.398 e. The summed E-state index contributed by atoms with van der Waals surface area (Å²) in [5.74, 6) is 0. The summed E-state index contributed by atoms with van der Waals surface area (Å²) in [5, 5.41) is 11.0. The van der Waals surface area contributed by atoms with Gasteiger partial charge in [0, 0.05) is 10.4 Å². The lowest BCUT2D eigenvalue weighted by Gasteiger charge is -2.02. The van der Waals surface area contributed by atoms with Crippen LogP contribution in [0.25, 0.3) is 10.4 Å². The Morgan fingerprint density at radius 1 is 1.21 bits per heavy atom. The molecule has 1 aromatic carbocycles. The molecule has 0 amide bonds. The van der Waals surface area contributed by atoms with E-state index in [1.54, 1.807) is 17.4 Å². The standard InChI is InChI=1S/C11H8N2S/c12-7-9-8(3-1-4-10(9)13)11-5-2-6-14-11/h1-6H,13H2. The number of nitrogens with two attached hydrogens (primary N) is 1. The Kier molecular flexibility index (Phi) is 2.21. The van der Waals surface area contributed by atoms with Gasteiger partial charge < -0.3 is 5.73 Å². The summed E-state index contributed by atoms with van der Waals surface area (Å²) in [6.07, 6.45) is 0. The molecular weight excluding hydrogens is 192 g/mol. The summed E-state index contributed by atoms with van der Waals surface area (Å²) in [4.78, 5) is 1.08. The van der Waals surface area contributed by atoms with Gasteiger partial charge in [-0.3, -0.25) is 0 Å². The van der Waals surface area contributed by atoms with E-state index in [4.69, 9.17) is 11.0 Å². The molecule has 1 aromatic heterocycles. The van der Waals surface area contributed by atoms with Crippen molar-refractivity contribution in [2.75, 3.05) is 5.73 Å². The molecule has 2 nitrogen and oxygen atoms in total. The molecule has 2 aromatic rings. The van der Waals surface area contributed by atoms with E-state index >= 15 is 0 Å². The maximum atomic E-state index is 8.97. The van der Waals surface area contributed by atoms with Gasteiger partial charge >= 0.3 is 0 Å². The highest BCUT2D eigenvalue weighted by Gasteiger charge is 2.07. The van der Waals surface area contributed by atoms with Crippen molar-refractivity contribution in [2.45, 2.75) is 0 Å². The Bertz CT molecular complexity index is 480. The van der Waals surface area contributed by atoms with Gasteiger partial charge in [0.15, 0.2) is 0 Å². The second-order valence-electron chi connectivity index (χ2n) is 2.86. The lowest BCUT2D eigenvalue weighted by atomic mass is 10.1. The van der Waals surface area contributed by atoms with E-state index in [-0.39, 0.29) is 0 Å². The van der Waals surface area contributed by atoms with Crippen LogP contribution in [0.3, 0.4) is 0 Å². The van der Waals surface area contributed by atoms with Crippen LogP contribution in [0.5, 0.6) is 0 Å².